The molecule has 2 N–H and O–H groups in total. The maximum Gasteiger partial charge on any atom is 0.0706 e. The highest BCUT2D eigenvalue weighted by Gasteiger charge is 2.14. The zero-order valence-corrected chi connectivity index (χ0v) is 15.5. The topological polar surface area (TPSA) is 37.0 Å². The molecular formula is C20H21Cl2N3. The Kier molecular flexibility index (Phi) is 5.79. The monoisotopic (exact) mass is 373 g/mol. The van der Waals surface area contributed by atoms with Gasteiger partial charge in [-0.2, -0.15) is 0 Å². The van der Waals surface area contributed by atoms with Gasteiger partial charge in [-0.3, -0.25) is 4.98 Å². The lowest BCUT2D eigenvalue weighted by Crippen LogP contribution is -2.16. The molecular weight excluding hydrogens is 353 g/mol. The van der Waals surface area contributed by atoms with Crippen LogP contribution in [0.1, 0.15) is 16.8 Å². The van der Waals surface area contributed by atoms with E-state index in [1.54, 1.807) is 0 Å². The van der Waals surface area contributed by atoms with Crippen LogP contribution in [0.2, 0.25) is 5.02 Å². The van der Waals surface area contributed by atoms with E-state index in [1.807, 2.05) is 24.3 Å². The highest BCUT2D eigenvalue weighted by atomic mass is 35.5. The van der Waals surface area contributed by atoms with Crippen LogP contribution in [0.25, 0.3) is 10.9 Å². The van der Waals surface area contributed by atoms with Crippen LogP contribution in [0.3, 0.4) is 0 Å². The SMILES string of the molecule is Cl.Clc1ccc2c(c1NCc1ccc3ccccc3n1)CCNCC2. The van der Waals surface area contributed by atoms with Crippen LogP contribution in [0.5, 0.6) is 0 Å². The van der Waals surface area contributed by atoms with Gasteiger partial charge in [0.15, 0.2) is 0 Å². The molecule has 0 radical (unpaired) electrons. The Morgan fingerprint density at radius 2 is 1.84 bits per heavy atom. The Morgan fingerprint density at radius 1 is 1.00 bits per heavy atom. The number of hydrogen-bond donors (Lipinski definition) is 2. The molecule has 130 valence electrons. The van der Waals surface area contributed by atoms with Gasteiger partial charge in [0.25, 0.3) is 0 Å². The molecule has 3 aromatic rings. The lowest BCUT2D eigenvalue weighted by atomic mass is 10.0. The molecule has 1 aliphatic heterocycles. The van der Waals surface area contributed by atoms with Crippen LogP contribution in [0.15, 0.2) is 48.5 Å². The Hall–Kier alpha value is -1.81. The summed E-state index contributed by atoms with van der Waals surface area (Å²) < 4.78 is 0. The maximum absolute atomic E-state index is 6.47. The molecule has 1 aliphatic rings. The second-order valence-corrected chi connectivity index (χ2v) is 6.57. The first kappa shape index (κ1) is 18.0. The van der Waals surface area contributed by atoms with Crippen molar-refractivity contribution in [3.63, 3.8) is 0 Å². The molecule has 3 nitrogen and oxygen atoms in total. The Bertz CT molecular complexity index is 880. The molecule has 2 aromatic carbocycles. The highest BCUT2D eigenvalue weighted by Crippen LogP contribution is 2.31. The standard InChI is InChI=1S/C20H20ClN3.ClH/c21-18-8-6-14-9-11-22-12-10-17(14)20(18)23-13-16-7-5-15-3-1-2-4-19(15)24-16;/h1-8,22-23H,9-13H2;1H. The molecule has 0 atom stereocenters. The summed E-state index contributed by atoms with van der Waals surface area (Å²) in [5.74, 6) is 0. The summed E-state index contributed by atoms with van der Waals surface area (Å²) in [4.78, 5) is 4.73. The van der Waals surface area contributed by atoms with Gasteiger partial charge < -0.3 is 10.6 Å². The van der Waals surface area contributed by atoms with E-state index in [0.29, 0.717) is 6.54 Å². The van der Waals surface area contributed by atoms with Gasteiger partial charge in [0.1, 0.15) is 0 Å². The number of halogens is 2. The number of benzene rings is 2. The number of rotatable bonds is 3. The lowest BCUT2D eigenvalue weighted by molar-refractivity contribution is 0.711. The zero-order valence-electron chi connectivity index (χ0n) is 13.9. The van der Waals surface area contributed by atoms with Gasteiger partial charge in [-0.15, -0.1) is 12.4 Å². The van der Waals surface area contributed by atoms with Crippen LogP contribution < -0.4 is 10.6 Å². The van der Waals surface area contributed by atoms with E-state index >= 15 is 0 Å². The van der Waals surface area contributed by atoms with Crippen LogP contribution in [0.4, 0.5) is 5.69 Å². The van der Waals surface area contributed by atoms with Crippen LogP contribution in [-0.4, -0.2) is 18.1 Å². The quantitative estimate of drug-likeness (QED) is 0.703. The van der Waals surface area contributed by atoms with E-state index in [1.165, 1.54) is 16.5 Å². The molecule has 2 heterocycles. The van der Waals surface area contributed by atoms with Gasteiger partial charge >= 0.3 is 0 Å². The number of fused-ring (bicyclic) bond motifs is 2. The summed E-state index contributed by atoms with van der Waals surface area (Å²) in [5, 5.41) is 8.93. The molecule has 4 rings (SSSR count). The van der Waals surface area contributed by atoms with E-state index in [4.69, 9.17) is 16.6 Å². The van der Waals surface area contributed by atoms with Gasteiger partial charge in [0.2, 0.25) is 0 Å². The summed E-state index contributed by atoms with van der Waals surface area (Å²) in [7, 11) is 0. The minimum absolute atomic E-state index is 0. The first-order valence-electron chi connectivity index (χ1n) is 8.41. The molecule has 25 heavy (non-hydrogen) atoms. The van der Waals surface area contributed by atoms with Crippen molar-refractivity contribution in [2.24, 2.45) is 0 Å². The predicted molar refractivity (Wildman–Crippen MR) is 108 cm³/mol. The largest absolute Gasteiger partial charge is 0.378 e. The number of aromatic nitrogens is 1. The van der Waals surface area contributed by atoms with E-state index < -0.39 is 0 Å². The average molecular weight is 374 g/mol. The second-order valence-electron chi connectivity index (χ2n) is 6.16. The number of pyridine rings is 1. The third-order valence-corrected chi connectivity index (χ3v) is 4.90. The van der Waals surface area contributed by atoms with Crippen molar-refractivity contribution in [3.8, 4) is 0 Å². The van der Waals surface area contributed by atoms with Crippen molar-refractivity contribution >= 4 is 40.6 Å². The first-order valence-corrected chi connectivity index (χ1v) is 8.78. The number of para-hydroxylation sites is 1. The van der Waals surface area contributed by atoms with Gasteiger partial charge in [-0.1, -0.05) is 41.9 Å². The molecule has 5 heteroatoms. The number of hydrogen-bond acceptors (Lipinski definition) is 3. The summed E-state index contributed by atoms with van der Waals surface area (Å²) in [6, 6.07) is 16.5. The van der Waals surface area contributed by atoms with E-state index in [9.17, 15) is 0 Å². The van der Waals surface area contributed by atoms with E-state index in [0.717, 1.165) is 47.9 Å². The van der Waals surface area contributed by atoms with Crippen molar-refractivity contribution in [1.29, 1.82) is 0 Å². The first-order chi connectivity index (χ1) is 11.8. The van der Waals surface area contributed by atoms with Gasteiger partial charge in [0, 0.05) is 5.39 Å². The minimum Gasteiger partial charge on any atom is -0.378 e. The van der Waals surface area contributed by atoms with Gasteiger partial charge in [0.05, 0.1) is 28.5 Å². The fourth-order valence-electron chi connectivity index (χ4n) is 3.32. The van der Waals surface area contributed by atoms with Gasteiger partial charge in [-0.05, 0) is 55.3 Å². The van der Waals surface area contributed by atoms with Crippen molar-refractivity contribution in [1.82, 2.24) is 10.3 Å². The predicted octanol–water partition coefficient (Wildman–Crippen LogP) is 4.61. The fraction of sp³-hybridized carbons (Fsp3) is 0.250. The molecule has 0 saturated carbocycles. The average Bonchev–Trinajstić information content (AvgIpc) is 2.86. The summed E-state index contributed by atoms with van der Waals surface area (Å²) in [6.07, 6.45) is 2.05. The third-order valence-electron chi connectivity index (χ3n) is 4.58. The summed E-state index contributed by atoms with van der Waals surface area (Å²) in [6.45, 7) is 2.70. The lowest BCUT2D eigenvalue weighted by Gasteiger charge is -2.16. The fourth-order valence-corrected chi connectivity index (χ4v) is 3.56. The van der Waals surface area contributed by atoms with Crippen molar-refractivity contribution in [2.75, 3.05) is 18.4 Å². The Balaban J connectivity index is 0.00000182. The molecule has 0 unspecified atom stereocenters. The second kappa shape index (κ2) is 8.05. The normalized spacial score (nSPS) is 13.6. The molecule has 0 bridgehead atoms. The molecule has 0 amide bonds. The Morgan fingerprint density at radius 3 is 2.76 bits per heavy atom. The van der Waals surface area contributed by atoms with E-state index in [-0.39, 0.29) is 12.4 Å². The number of nitrogens with one attached hydrogen (secondary N) is 2. The molecule has 0 spiro atoms. The molecule has 0 saturated heterocycles. The highest BCUT2D eigenvalue weighted by molar-refractivity contribution is 6.33. The number of anilines is 1. The summed E-state index contributed by atoms with van der Waals surface area (Å²) >= 11 is 6.47. The van der Waals surface area contributed by atoms with Gasteiger partial charge in [-0.25, -0.2) is 0 Å². The molecule has 0 fully saturated rings. The minimum atomic E-state index is 0. The van der Waals surface area contributed by atoms with Crippen molar-refractivity contribution in [2.45, 2.75) is 19.4 Å². The zero-order chi connectivity index (χ0) is 16.4. The van der Waals surface area contributed by atoms with E-state index in [2.05, 4.69) is 34.9 Å². The van der Waals surface area contributed by atoms with Crippen molar-refractivity contribution < 1.29 is 0 Å². The Labute approximate surface area is 159 Å². The maximum atomic E-state index is 6.47. The smallest absolute Gasteiger partial charge is 0.0706 e. The van der Waals surface area contributed by atoms with Crippen LogP contribution in [0, 0.1) is 0 Å². The third kappa shape index (κ3) is 3.90. The molecule has 1 aromatic heterocycles. The molecule has 0 aliphatic carbocycles. The van der Waals surface area contributed by atoms with Crippen LogP contribution >= 0.6 is 24.0 Å². The van der Waals surface area contributed by atoms with Crippen LogP contribution in [-0.2, 0) is 19.4 Å². The summed E-state index contributed by atoms with van der Waals surface area (Å²) in [5.41, 5.74) is 5.84. The van der Waals surface area contributed by atoms with Crippen molar-refractivity contribution in [3.05, 3.63) is 70.4 Å². The number of nitrogens with zero attached hydrogens (tertiary/aromatic N) is 1.